The van der Waals surface area contributed by atoms with Crippen molar-refractivity contribution in [1.29, 1.82) is 0 Å². The molecule has 0 aromatic carbocycles. The van der Waals surface area contributed by atoms with Crippen LogP contribution in [0.25, 0.3) is 0 Å². The van der Waals surface area contributed by atoms with E-state index in [-0.39, 0.29) is 0 Å². The van der Waals surface area contributed by atoms with Crippen molar-refractivity contribution in [3.63, 3.8) is 0 Å². The minimum absolute atomic E-state index is 0.621. The quantitative estimate of drug-likeness (QED) is 0.619. The van der Waals surface area contributed by atoms with Crippen molar-refractivity contribution in [2.75, 3.05) is 37.3 Å². The van der Waals surface area contributed by atoms with Gasteiger partial charge in [0.2, 0.25) is 11.8 Å². The lowest BCUT2D eigenvalue weighted by Crippen LogP contribution is -2.46. The summed E-state index contributed by atoms with van der Waals surface area (Å²) < 4.78 is 5.46. The number of anilines is 1. The minimum Gasteiger partial charge on any atom is -0.424 e. The average molecular weight is 334 g/mol. The van der Waals surface area contributed by atoms with E-state index in [1.165, 1.54) is 5.56 Å². The number of hydrogen-bond acceptors (Lipinski definition) is 8. The molecule has 7 nitrogen and oxygen atoms in total. The molecule has 3 heterocycles. The lowest BCUT2D eigenvalue weighted by atomic mass is 10.2. The average Bonchev–Trinajstić information content (AvgIpc) is 2.96. The van der Waals surface area contributed by atoms with Crippen LogP contribution in [0, 0.1) is 20.8 Å². The van der Waals surface area contributed by atoms with Gasteiger partial charge in [-0.05, 0) is 20.1 Å². The van der Waals surface area contributed by atoms with Gasteiger partial charge in [0.25, 0.3) is 0 Å². The molecule has 0 aliphatic carbocycles. The second-order valence-electron chi connectivity index (χ2n) is 5.72. The molecule has 2 aromatic heterocycles. The van der Waals surface area contributed by atoms with Gasteiger partial charge in [-0.1, -0.05) is 11.8 Å². The van der Waals surface area contributed by atoms with Gasteiger partial charge in [-0.15, -0.1) is 10.2 Å². The maximum absolute atomic E-state index is 5.46. The number of aryl methyl sites for hydroxylation is 2. The van der Waals surface area contributed by atoms with Gasteiger partial charge >= 0.3 is 0 Å². The molecule has 0 unspecified atom stereocenters. The first-order valence-corrected chi connectivity index (χ1v) is 8.95. The Kier molecular flexibility index (Phi) is 4.82. The van der Waals surface area contributed by atoms with Gasteiger partial charge < -0.3 is 9.32 Å². The Labute approximate surface area is 140 Å². The summed E-state index contributed by atoms with van der Waals surface area (Å²) in [6, 6.07) is 0. The van der Waals surface area contributed by atoms with E-state index >= 15 is 0 Å². The Bertz CT molecular complexity index is 681. The Hall–Kier alpha value is -1.67. The molecule has 0 spiro atoms. The largest absolute Gasteiger partial charge is 0.424 e. The van der Waals surface area contributed by atoms with Crippen molar-refractivity contribution in [3.8, 4) is 0 Å². The van der Waals surface area contributed by atoms with Gasteiger partial charge in [0, 0.05) is 44.4 Å². The van der Waals surface area contributed by atoms with Gasteiger partial charge in [0.15, 0.2) is 5.16 Å². The third kappa shape index (κ3) is 3.64. The zero-order valence-corrected chi connectivity index (χ0v) is 14.9. The number of aromatic nitrogens is 4. The van der Waals surface area contributed by atoms with Gasteiger partial charge in [-0.3, -0.25) is 4.90 Å². The molecule has 0 radical (unpaired) electrons. The summed E-state index contributed by atoms with van der Waals surface area (Å²) in [6.45, 7) is 10.5. The Morgan fingerprint density at radius 3 is 2.39 bits per heavy atom. The smallest absolute Gasteiger partial charge is 0.230 e. The molecule has 3 rings (SSSR count). The summed E-state index contributed by atoms with van der Waals surface area (Å²) in [6.07, 6.45) is 2.01. The van der Waals surface area contributed by atoms with Gasteiger partial charge in [0.1, 0.15) is 5.82 Å². The first-order valence-electron chi connectivity index (χ1n) is 7.72. The minimum atomic E-state index is 0.621. The van der Waals surface area contributed by atoms with Gasteiger partial charge in [-0.25, -0.2) is 9.97 Å². The molecule has 2 aromatic rings. The standard InChI is InChI=1S/C15H22N6OS/c1-10-11(2)16-15(23-4)17-14(10)21-7-5-20(6-8-21)9-13-19-18-12(3)22-13/h5-9H2,1-4H3. The normalized spacial score (nSPS) is 16.1. The van der Waals surface area contributed by atoms with Crippen LogP contribution in [-0.2, 0) is 6.54 Å². The lowest BCUT2D eigenvalue weighted by molar-refractivity contribution is 0.224. The highest BCUT2D eigenvalue weighted by Crippen LogP contribution is 2.24. The summed E-state index contributed by atoms with van der Waals surface area (Å²) in [5, 5.41) is 8.79. The third-order valence-corrected chi connectivity index (χ3v) is 4.67. The molecule has 8 heteroatoms. The van der Waals surface area contributed by atoms with Crippen LogP contribution in [0.4, 0.5) is 5.82 Å². The van der Waals surface area contributed by atoms with Crippen LogP contribution in [0.5, 0.6) is 0 Å². The molecule has 0 bridgehead atoms. The van der Waals surface area contributed by atoms with Crippen molar-refractivity contribution < 1.29 is 4.42 Å². The van der Waals surface area contributed by atoms with Crippen molar-refractivity contribution in [2.24, 2.45) is 0 Å². The molecule has 0 atom stereocenters. The van der Waals surface area contributed by atoms with Crippen LogP contribution < -0.4 is 4.90 Å². The number of piperazine rings is 1. The van der Waals surface area contributed by atoms with Gasteiger partial charge in [0.05, 0.1) is 6.54 Å². The van der Waals surface area contributed by atoms with Crippen LogP contribution in [0.1, 0.15) is 23.0 Å². The van der Waals surface area contributed by atoms with Crippen LogP contribution >= 0.6 is 11.8 Å². The molecule has 0 amide bonds. The van der Waals surface area contributed by atoms with E-state index in [9.17, 15) is 0 Å². The van der Waals surface area contributed by atoms with Crippen LogP contribution in [-0.4, -0.2) is 57.5 Å². The van der Waals surface area contributed by atoms with Crippen molar-refractivity contribution in [3.05, 3.63) is 23.0 Å². The lowest BCUT2D eigenvalue weighted by Gasteiger charge is -2.35. The third-order valence-electron chi connectivity index (χ3n) is 4.12. The molecule has 0 N–H and O–H groups in total. The zero-order chi connectivity index (χ0) is 16.4. The summed E-state index contributed by atoms with van der Waals surface area (Å²) in [5.41, 5.74) is 2.23. The molecule has 1 saturated heterocycles. The fourth-order valence-corrected chi connectivity index (χ4v) is 3.10. The second kappa shape index (κ2) is 6.84. The first kappa shape index (κ1) is 16.2. The molecule has 1 aliphatic rings. The number of thioether (sulfide) groups is 1. The monoisotopic (exact) mass is 334 g/mol. The summed E-state index contributed by atoms with van der Waals surface area (Å²) in [7, 11) is 0. The highest BCUT2D eigenvalue weighted by Gasteiger charge is 2.22. The molecule has 1 fully saturated rings. The summed E-state index contributed by atoms with van der Waals surface area (Å²) in [4.78, 5) is 13.9. The van der Waals surface area contributed by atoms with Crippen molar-refractivity contribution >= 4 is 17.6 Å². The molecular formula is C15H22N6OS. The number of rotatable bonds is 4. The Morgan fingerprint density at radius 2 is 1.78 bits per heavy atom. The van der Waals surface area contributed by atoms with E-state index in [1.54, 1.807) is 11.8 Å². The maximum atomic E-state index is 5.46. The molecule has 0 saturated carbocycles. The highest BCUT2D eigenvalue weighted by molar-refractivity contribution is 7.98. The van der Waals surface area contributed by atoms with E-state index < -0.39 is 0 Å². The van der Waals surface area contributed by atoms with Crippen molar-refractivity contribution in [1.82, 2.24) is 25.1 Å². The van der Waals surface area contributed by atoms with Crippen LogP contribution in [0.2, 0.25) is 0 Å². The topological polar surface area (TPSA) is 71.2 Å². The SMILES string of the molecule is CSc1nc(C)c(C)c(N2CCN(Cc3nnc(C)o3)CC2)n1. The van der Waals surface area contributed by atoms with Crippen molar-refractivity contribution in [2.45, 2.75) is 32.5 Å². The fraction of sp³-hybridized carbons (Fsp3) is 0.600. The molecule has 23 heavy (non-hydrogen) atoms. The fourth-order valence-electron chi connectivity index (χ4n) is 2.70. The van der Waals surface area contributed by atoms with Gasteiger partial charge in [-0.2, -0.15) is 0 Å². The van der Waals surface area contributed by atoms with E-state index in [2.05, 4.69) is 31.9 Å². The second-order valence-corrected chi connectivity index (χ2v) is 6.50. The van der Waals surface area contributed by atoms with E-state index in [1.807, 2.05) is 20.1 Å². The molecule has 124 valence electrons. The van der Waals surface area contributed by atoms with Crippen LogP contribution in [0.3, 0.4) is 0 Å². The molecular weight excluding hydrogens is 312 g/mol. The zero-order valence-electron chi connectivity index (χ0n) is 14.0. The van der Waals surface area contributed by atoms with E-state index in [0.29, 0.717) is 18.3 Å². The Balaban J connectivity index is 1.66. The number of hydrogen-bond donors (Lipinski definition) is 0. The number of nitrogens with zero attached hydrogens (tertiary/aromatic N) is 6. The summed E-state index contributed by atoms with van der Waals surface area (Å²) in [5.74, 6) is 2.38. The maximum Gasteiger partial charge on any atom is 0.230 e. The Morgan fingerprint density at radius 1 is 1.04 bits per heavy atom. The summed E-state index contributed by atoms with van der Waals surface area (Å²) >= 11 is 1.59. The van der Waals surface area contributed by atoms with E-state index in [4.69, 9.17) is 9.40 Å². The highest BCUT2D eigenvalue weighted by atomic mass is 32.2. The van der Waals surface area contributed by atoms with Crippen LogP contribution in [0.15, 0.2) is 9.57 Å². The van der Waals surface area contributed by atoms with E-state index in [0.717, 1.165) is 42.8 Å². The first-order chi connectivity index (χ1) is 11.1. The predicted octanol–water partition coefficient (Wildman–Crippen LogP) is 1.83. The molecule has 1 aliphatic heterocycles. The predicted molar refractivity (Wildman–Crippen MR) is 89.8 cm³/mol.